The molecule has 0 spiro atoms. The van der Waals surface area contributed by atoms with Crippen molar-refractivity contribution in [2.75, 3.05) is 0 Å². The first-order valence-electron chi connectivity index (χ1n) is 3.86. The number of pyridine rings is 1. The number of rotatable bonds is 0. The maximum absolute atomic E-state index is 7.00. The lowest BCUT2D eigenvalue weighted by molar-refractivity contribution is 0.448. The highest BCUT2D eigenvalue weighted by Gasteiger charge is 2.19. The minimum Gasteiger partial charge on any atom is -0.429 e. The molecule has 3 rings (SSSR count). The van der Waals surface area contributed by atoms with Crippen LogP contribution in [0.25, 0.3) is 22.0 Å². The van der Waals surface area contributed by atoms with Crippen molar-refractivity contribution in [2.45, 2.75) is 0 Å². The zero-order chi connectivity index (χ0) is 9.26. The summed E-state index contributed by atoms with van der Waals surface area (Å²) in [6.45, 7) is 0. The van der Waals surface area contributed by atoms with Gasteiger partial charge in [-0.2, -0.15) is 0 Å². The van der Waals surface area contributed by atoms with Gasteiger partial charge in [0.1, 0.15) is 0 Å². The molecule has 1 heterocycles. The highest BCUT2D eigenvalue weighted by molar-refractivity contribution is 6.18. The van der Waals surface area contributed by atoms with Crippen molar-refractivity contribution in [3.63, 3.8) is 0 Å². The van der Waals surface area contributed by atoms with Gasteiger partial charge in [0.25, 0.3) is 0 Å². The summed E-state index contributed by atoms with van der Waals surface area (Å²) in [6.07, 6.45) is 1.87. The smallest absolute Gasteiger partial charge is 0.429 e. The highest BCUT2D eigenvalue weighted by atomic mass is 16.4. The van der Waals surface area contributed by atoms with Gasteiger partial charge < -0.3 is 10.0 Å². The Morgan fingerprint density at radius 1 is 1.08 bits per heavy atom. The third-order valence-corrected chi connectivity index (χ3v) is 1.99. The molecular weight excluding hydrogens is 165 g/mol. The van der Waals surface area contributed by atoms with Gasteiger partial charge in [0.2, 0.25) is 0 Å². The maximum Gasteiger partial charge on any atom is 0.482 e. The molecule has 0 fully saturated rings. The molecule has 0 saturated heterocycles. The van der Waals surface area contributed by atoms with Gasteiger partial charge in [-0.15, -0.1) is 0 Å². The van der Waals surface area contributed by atoms with Crippen LogP contribution >= 0.6 is 0 Å². The van der Waals surface area contributed by atoms with Crippen molar-refractivity contribution in [1.29, 1.82) is 0 Å². The van der Waals surface area contributed by atoms with E-state index in [1.807, 2.05) is 6.20 Å². The Bertz CT molecular complexity index is 408. The summed E-state index contributed by atoms with van der Waals surface area (Å²) in [5.41, 5.74) is 3.90. The molecule has 0 bridgehead atoms. The Labute approximate surface area is 76.0 Å². The number of nitrogens with zero attached hydrogens (tertiary/aromatic N) is 1. The lowest BCUT2D eigenvalue weighted by Gasteiger charge is -1.80. The van der Waals surface area contributed by atoms with Crippen LogP contribution in [0.2, 0.25) is 0 Å². The first-order valence-corrected chi connectivity index (χ1v) is 3.86. The Kier molecular flexibility index (Phi) is 2.00. The van der Waals surface area contributed by atoms with Crippen molar-refractivity contribution in [1.82, 2.24) is 4.98 Å². The fourth-order valence-corrected chi connectivity index (χ4v) is 1.46. The molecule has 1 radical (unpaired) electrons. The average Bonchev–Trinajstić information content (AvgIpc) is 2.84. The lowest BCUT2D eigenvalue weighted by Crippen LogP contribution is -1.75. The summed E-state index contributed by atoms with van der Waals surface area (Å²) in [4.78, 5) is 4.22. The van der Waals surface area contributed by atoms with Crippen molar-refractivity contribution in [3.05, 3.63) is 30.5 Å². The molecule has 13 heavy (non-hydrogen) atoms. The van der Waals surface area contributed by atoms with Gasteiger partial charge in [-0.25, -0.2) is 0 Å². The minimum absolute atomic E-state index is 0. The van der Waals surface area contributed by atoms with Crippen LogP contribution in [-0.4, -0.2) is 22.7 Å². The number of fused-ring (bicyclic) bond motifs is 1. The van der Waals surface area contributed by atoms with E-state index in [-0.39, 0.29) is 7.69 Å². The number of hydrogen-bond donors (Lipinski definition) is 2. The van der Waals surface area contributed by atoms with Gasteiger partial charge in [-0.3, -0.25) is 4.98 Å². The second-order valence-electron chi connectivity index (χ2n) is 2.67. The summed E-state index contributed by atoms with van der Waals surface area (Å²) in [6, 6.07) is 8.31. The fourth-order valence-electron chi connectivity index (χ4n) is 1.46. The van der Waals surface area contributed by atoms with E-state index in [0.29, 0.717) is 0 Å². The third-order valence-electron chi connectivity index (χ3n) is 1.99. The molecule has 63 valence electrons. The molecule has 0 amide bonds. The van der Waals surface area contributed by atoms with E-state index in [1.54, 1.807) is 0 Å². The van der Waals surface area contributed by atoms with Crippen molar-refractivity contribution < 1.29 is 10.0 Å². The molecule has 1 aromatic heterocycles. The maximum atomic E-state index is 7.00. The number of hydrogen-bond acceptors (Lipinski definition) is 3. The van der Waals surface area contributed by atoms with E-state index < -0.39 is 0 Å². The van der Waals surface area contributed by atoms with Gasteiger partial charge in [0.15, 0.2) is 0 Å². The van der Waals surface area contributed by atoms with E-state index in [4.69, 9.17) is 10.0 Å². The van der Waals surface area contributed by atoms with Gasteiger partial charge in [-0.1, -0.05) is 12.1 Å². The molecule has 0 unspecified atom stereocenters. The van der Waals surface area contributed by atoms with Crippen LogP contribution in [0.1, 0.15) is 0 Å². The molecular formula is C9H7BNO2. The van der Waals surface area contributed by atoms with Gasteiger partial charge in [0.05, 0.1) is 5.52 Å². The quantitative estimate of drug-likeness (QED) is 0.491. The third kappa shape index (κ3) is 1.30. The predicted octanol–water partition coefficient (Wildman–Crippen LogP) is 0.720. The largest absolute Gasteiger partial charge is 0.482 e. The minimum atomic E-state index is 0. The van der Waals surface area contributed by atoms with Crippen LogP contribution in [0.15, 0.2) is 30.5 Å². The van der Waals surface area contributed by atoms with E-state index in [2.05, 4.69) is 29.2 Å². The van der Waals surface area contributed by atoms with Gasteiger partial charge >= 0.3 is 7.69 Å². The van der Waals surface area contributed by atoms with Crippen LogP contribution in [0.5, 0.6) is 0 Å². The summed E-state index contributed by atoms with van der Waals surface area (Å²) < 4.78 is 0. The van der Waals surface area contributed by atoms with E-state index in [0.717, 1.165) is 5.52 Å². The molecule has 1 aliphatic rings. The average molecular weight is 172 g/mol. The molecule has 2 N–H and O–H groups in total. The molecule has 3 nitrogen and oxygen atoms in total. The van der Waals surface area contributed by atoms with Crippen LogP contribution in [0.3, 0.4) is 0 Å². The summed E-state index contributed by atoms with van der Waals surface area (Å²) in [7, 11) is 0. The topological polar surface area (TPSA) is 53.4 Å². The molecule has 0 aliphatic heterocycles. The van der Waals surface area contributed by atoms with Crippen LogP contribution in [0.4, 0.5) is 0 Å². The van der Waals surface area contributed by atoms with Crippen molar-refractivity contribution in [2.24, 2.45) is 0 Å². The standard InChI is InChI=1S/C9H5N.BH2O2/c1-2-6-7-4-5-10-8(3-1)9(6)7;2-1-3/h1-5H;2-3H. The summed E-state index contributed by atoms with van der Waals surface area (Å²) in [5.74, 6) is 0. The van der Waals surface area contributed by atoms with Gasteiger partial charge in [0, 0.05) is 11.6 Å². The highest BCUT2D eigenvalue weighted by Crippen LogP contribution is 2.45. The van der Waals surface area contributed by atoms with E-state index >= 15 is 0 Å². The first kappa shape index (κ1) is 8.22. The Hall–Kier alpha value is -1.39. The summed E-state index contributed by atoms with van der Waals surface area (Å²) >= 11 is 0. The predicted molar refractivity (Wildman–Crippen MR) is 50.9 cm³/mol. The zero-order valence-electron chi connectivity index (χ0n) is 6.81. The normalized spacial score (nSPS) is 10.3. The molecule has 0 atom stereocenters. The van der Waals surface area contributed by atoms with Crippen LogP contribution in [-0.2, 0) is 0 Å². The molecule has 2 aromatic rings. The number of aromatic nitrogens is 1. The first-order chi connectivity index (χ1) is 6.38. The zero-order valence-corrected chi connectivity index (χ0v) is 6.81. The Morgan fingerprint density at radius 2 is 1.77 bits per heavy atom. The van der Waals surface area contributed by atoms with Gasteiger partial charge in [-0.05, 0) is 23.3 Å². The fraction of sp³-hybridized carbons (Fsp3) is 0. The van der Waals surface area contributed by atoms with E-state index in [9.17, 15) is 0 Å². The Balaban J connectivity index is 0.000000196. The monoisotopic (exact) mass is 172 g/mol. The summed E-state index contributed by atoms with van der Waals surface area (Å²) in [5, 5.41) is 15.4. The molecule has 0 saturated carbocycles. The SMILES string of the molecule is O[B]O.c1cc2c3c-2ccnc3c1. The number of benzene rings is 1. The molecule has 1 aromatic carbocycles. The molecule has 4 heteroatoms. The van der Waals surface area contributed by atoms with E-state index in [1.165, 1.54) is 16.5 Å². The Morgan fingerprint density at radius 3 is 2.46 bits per heavy atom. The van der Waals surface area contributed by atoms with Crippen LogP contribution in [0, 0.1) is 0 Å². The van der Waals surface area contributed by atoms with Crippen LogP contribution < -0.4 is 0 Å². The lowest BCUT2D eigenvalue weighted by atomic mass is 10.3. The second kappa shape index (κ2) is 3.16. The molecule has 1 aliphatic carbocycles. The van der Waals surface area contributed by atoms with Crippen molar-refractivity contribution >= 4 is 18.6 Å². The van der Waals surface area contributed by atoms with Crippen molar-refractivity contribution in [3.8, 4) is 11.1 Å². The second-order valence-corrected chi connectivity index (χ2v) is 2.67.